The van der Waals surface area contributed by atoms with Crippen molar-refractivity contribution in [3.05, 3.63) is 29.8 Å². The molecule has 0 saturated carbocycles. The van der Waals surface area contributed by atoms with Gasteiger partial charge in [0.05, 0.1) is 6.61 Å². The number of aryl methyl sites for hydroxylation is 1. The number of benzene rings is 1. The van der Waals surface area contributed by atoms with Crippen LogP contribution in [0.1, 0.15) is 12.0 Å². The van der Waals surface area contributed by atoms with E-state index in [0.29, 0.717) is 13.0 Å². The minimum atomic E-state index is 0.0140. The molecule has 1 aromatic rings. The van der Waals surface area contributed by atoms with Gasteiger partial charge in [0.2, 0.25) is 5.91 Å². The Balaban J connectivity index is 2.36. The highest BCUT2D eigenvalue weighted by Crippen LogP contribution is 2.26. The van der Waals surface area contributed by atoms with Gasteiger partial charge >= 0.3 is 0 Å². The summed E-state index contributed by atoms with van der Waals surface area (Å²) in [7, 11) is 0. The Bertz CT molecular complexity index is 349. The van der Waals surface area contributed by atoms with Crippen LogP contribution in [0.5, 0.6) is 0 Å². The Labute approximate surface area is 83.0 Å². The number of aliphatic hydroxyl groups is 1. The summed E-state index contributed by atoms with van der Waals surface area (Å²) >= 11 is 0. The van der Waals surface area contributed by atoms with Crippen LogP contribution in [0.4, 0.5) is 5.69 Å². The van der Waals surface area contributed by atoms with Crippen molar-refractivity contribution in [1.29, 1.82) is 0 Å². The maximum Gasteiger partial charge on any atom is 0.227 e. The fraction of sp³-hybridized carbons (Fsp3) is 0.364. The lowest BCUT2D eigenvalue weighted by Gasteiger charge is -2.28. The number of carbonyl (C=O) groups is 1. The van der Waals surface area contributed by atoms with Crippen molar-refractivity contribution >= 4 is 11.6 Å². The molecule has 0 atom stereocenters. The molecule has 3 heteroatoms. The number of amides is 1. The van der Waals surface area contributed by atoms with Gasteiger partial charge in [0.25, 0.3) is 0 Å². The summed E-state index contributed by atoms with van der Waals surface area (Å²) < 4.78 is 0. The van der Waals surface area contributed by atoms with Crippen LogP contribution >= 0.6 is 0 Å². The van der Waals surface area contributed by atoms with Crippen molar-refractivity contribution in [3.63, 3.8) is 0 Å². The second-order valence-corrected chi connectivity index (χ2v) is 3.40. The van der Waals surface area contributed by atoms with E-state index >= 15 is 0 Å². The van der Waals surface area contributed by atoms with E-state index in [4.69, 9.17) is 5.11 Å². The molecule has 14 heavy (non-hydrogen) atoms. The van der Waals surface area contributed by atoms with Gasteiger partial charge in [-0.15, -0.1) is 0 Å². The first-order valence-corrected chi connectivity index (χ1v) is 4.82. The van der Waals surface area contributed by atoms with Gasteiger partial charge in [-0.3, -0.25) is 4.79 Å². The molecule has 1 aliphatic rings. The molecular weight excluding hydrogens is 178 g/mol. The van der Waals surface area contributed by atoms with E-state index in [9.17, 15) is 4.79 Å². The minimum Gasteiger partial charge on any atom is -0.395 e. The first-order chi connectivity index (χ1) is 6.83. The normalized spacial score (nSPS) is 15.5. The van der Waals surface area contributed by atoms with Gasteiger partial charge in [-0.25, -0.2) is 0 Å². The van der Waals surface area contributed by atoms with Gasteiger partial charge in [0, 0.05) is 18.7 Å². The molecule has 0 unspecified atom stereocenters. The quantitative estimate of drug-likeness (QED) is 0.756. The summed E-state index contributed by atoms with van der Waals surface area (Å²) in [5, 5.41) is 8.87. The summed E-state index contributed by atoms with van der Waals surface area (Å²) in [6.07, 6.45) is 1.37. The van der Waals surface area contributed by atoms with Crippen LogP contribution in [0.25, 0.3) is 0 Å². The molecule has 0 saturated heterocycles. The fourth-order valence-electron chi connectivity index (χ4n) is 1.84. The zero-order valence-electron chi connectivity index (χ0n) is 7.94. The number of hydrogen-bond donors (Lipinski definition) is 1. The molecule has 1 N–H and O–H groups in total. The van der Waals surface area contributed by atoms with Crippen molar-refractivity contribution in [2.45, 2.75) is 12.8 Å². The summed E-state index contributed by atoms with van der Waals surface area (Å²) in [4.78, 5) is 13.2. The zero-order valence-corrected chi connectivity index (χ0v) is 7.94. The van der Waals surface area contributed by atoms with Crippen LogP contribution < -0.4 is 4.90 Å². The van der Waals surface area contributed by atoms with E-state index in [-0.39, 0.29) is 12.5 Å². The van der Waals surface area contributed by atoms with Crippen LogP contribution in [0.2, 0.25) is 0 Å². The maximum absolute atomic E-state index is 11.6. The number of rotatable bonds is 2. The largest absolute Gasteiger partial charge is 0.395 e. The second kappa shape index (κ2) is 3.80. The van der Waals surface area contributed by atoms with E-state index < -0.39 is 0 Å². The predicted octanol–water partition coefficient (Wildman–Crippen LogP) is 0.958. The number of anilines is 1. The minimum absolute atomic E-state index is 0.0140. The molecule has 0 fully saturated rings. The number of carbonyl (C=O) groups excluding carboxylic acids is 1. The molecule has 1 aromatic carbocycles. The number of β-amino-alcohol motifs (C(OH)–C–C–N with tert-alkyl or cyclic N) is 1. The molecule has 1 amide bonds. The molecule has 0 aromatic heterocycles. The third kappa shape index (κ3) is 1.51. The number of aliphatic hydroxyl groups excluding tert-OH is 1. The highest BCUT2D eigenvalue weighted by Gasteiger charge is 2.22. The van der Waals surface area contributed by atoms with Crippen molar-refractivity contribution in [2.75, 3.05) is 18.1 Å². The van der Waals surface area contributed by atoms with Crippen LogP contribution in [0, 0.1) is 0 Å². The average Bonchev–Trinajstić information content (AvgIpc) is 2.23. The predicted molar refractivity (Wildman–Crippen MR) is 54.2 cm³/mol. The highest BCUT2D eigenvalue weighted by atomic mass is 16.3. The smallest absolute Gasteiger partial charge is 0.227 e. The third-order valence-corrected chi connectivity index (χ3v) is 2.52. The molecule has 1 heterocycles. The summed E-state index contributed by atoms with van der Waals surface area (Å²) in [5.74, 6) is 0.109. The Morgan fingerprint density at radius 1 is 1.29 bits per heavy atom. The Hall–Kier alpha value is -1.35. The van der Waals surface area contributed by atoms with Crippen LogP contribution in [-0.4, -0.2) is 24.2 Å². The average molecular weight is 191 g/mol. The summed E-state index contributed by atoms with van der Waals surface area (Å²) in [5.41, 5.74) is 2.15. The first kappa shape index (κ1) is 9.21. The Kier molecular flexibility index (Phi) is 2.50. The molecule has 3 nitrogen and oxygen atoms in total. The zero-order chi connectivity index (χ0) is 9.97. The van der Waals surface area contributed by atoms with Gasteiger partial charge in [0.15, 0.2) is 0 Å². The molecule has 0 aliphatic carbocycles. The lowest BCUT2D eigenvalue weighted by atomic mass is 10.0. The van der Waals surface area contributed by atoms with Crippen LogP contribution in [0.15, 0.2) is 24.3 Å². The molecule has 0 radical (unpaired) electrons. The number of fused-ring (bicyclic) bond motifs is 1. The Morgan fingerprint density at radius 3 is 2.86 bits per heavy atom. The van der Waals surface area contributed by atoms with Gasteiger partial charge in [-0.1, -0.05) is 18.2 Å². The topological polar surface area (TPSA) is 40.5 Å². The SMILES string of the molecule is O=C1CCc2ccccc2N1CCO. The molecule has 0 spiro atoms. The van der Waals surface area contributed by atoms with Gasteiger partial charge < -0.3 is 10.0 Å². The van der Waals surface area contributed by atoms with E-state index in [0.717, 1.165) is 12.1 Å². The summed E-state index contributed by atoms with van der Waals surface area (Å²) in [6.45, 7) is 0.413. The van der Waals surface area contributed by atoms with Crippen molar-refractivity contribution in [3.8, 4) is 0 Å². The summed E-state index contributed by atoms with van der Waals surface area (Å²) in [6, 6.07) is 7.86. The molecular formula is C11H13NO2. The number of para-hydroxylation sites is 1. The van der Waals surface area contributed by atoms with E-state index in [1.165, 1.54) is 5.56 Å². The van der Waals surface area contributed by atoms with Gasteiger partial charge in [-0.05, 0) is 18.1 Å². The van der Waals surface area contributed by atoms with E-state index in [2.05, 4.69) is 0 Å². The molecule has 0 bridgehead atoms. The molecule has 1 aliphatic heterocycles. The number of hydrogen-bond acceptors (Lipinski definition) is 2. The van der Waals surface area contributed by atoms with E-state index in [1.807, 2.05) is 24.3 Å². The standard InChI is InChI=1S/C11H13NO2/c13-8-7-12-10-4-2-1-3-9(10)5-6-11(12)14/h1-4,13H,5-8H2. The molecule has 2 rings (SSSR count). The lowest BCUT2D eigenvalue weighted by Crippen LogP contribution is -2.37. The van der Waals surface area contributed by atoms with Crippen molar-refractivity contribution in [2.24, 2.45) is 0 Å². The maximum atomic E-state index is 11.6. The van der Waals surface area contributed by atoms with Crippen LogP contribution in [0.3, 0.4) is 0 Å². The monoisotopic (exact) mass is 191 g/mol. The Morgan fingerprint density at radius 2 is 2.07 bits per heavy atom. The highest BCUT2D eigenvalue weighted by molar-refractivity contribution is 5.96. The lowest BCUT2D eigenvalue weighted by molar-refractivity contribution is -0.119. The van der Waals surface area contributed by atoms with E-state index in [1.54, 1.807) is 4.90 Å². The third-order valence-electron chi connectivity index (χ3n) is 2.52. The fourth-order valence-corrected chi connectivity index (χ4v) is 1.84. The second-order valence-electron chi connectivity index (χ2n) is 3.40. The van der Waals surface area contributed by atoms with Crippen molar-refractivity contribution in [1.82, 2.24) is 0 Å². The van der Waals surface area contributed by atoms with Gasteiger partial charge in [0.1, 0.15) is 0 Å². The van der Waals surface area contributed by atoms with Gasteiger partial charge in [-0.2, -0.15) is 0 Å². The van der Waals surface area contributed by atoms with Crippen LogP contribution in [-0.2, 0) is 11.2 Å². The van der Waals surface area contributed by atoms with Crippen molar-refractivity contribution < 1.29 is 9.90 Å². The number of nitrogens with zero attached hydrogens (tertiary/aromatic N) is 1. The first-order valence-electron chi connectivity index (χ1n) is 4.82. The molecule has 74 valence electrons.